The first-order valence-corrected chi connectivity index (χ1v) is 8.41. The van der Waals surface area contributed by atoms with Crippen LogP contribution in [0.15, 0.2) is 42.5 Å². The van der Waals surface area contributed by atoms with Gasteiger partial charge in [-0.25, -0.2) is 4.98 Å². The van der Waals surface area contributed by atoms with Crippen LogP contribution in [0.4, 0.5) is 0 Å². The molecule has 0 unspecified atom stereocenters. The van der Waals surface area contributed by atoms with Gasteiger partial charge < -0.3 is 10.3 Å². The predicted molar refractivity (Wildman–Crippen MR) is 107 cm³/mol. The molecule has 3 nitrogen and oxygen atoms in total. The molecule has 0 aliphatic carbocycles. The van der Waals surface area contributed by atoms with Gasteiger partial charge in [0.2, 0.25) is 0 Å². The molecule has 1 aliphatic rings. The highest BCUT2D eigenvalue weighted by Gasteiger charge is 2.17. The van der Waals surface area contributed by atoms with E-state index in [9.17, 15) is 0 Å². The van der Waals surface area contributed by atoms with Gasteiger partial charge in [-0.2, -0.15) is 0 Å². The molecule has 3 heterocycles. The average Bonchev–Trinajstić information content (AvgIpc) is 3.15. The van der Waals surface area contributed by atoms with Crippen LogP contribution in [0.2, 0.25) is 0 Å². The highest BCUT2D eigenvalue weighted by Crippen LogP contribution is 2.39. The fourth-order valence-electron chi connectivity index (χ4n) is 3.28. The zero-order chi connectivity index (χ0) is 14.5. The molecule has 0 spiro atoms. The predicted octanol–water partition coefficient (Wildman–Crippen LogP) is 4.93. The molecule has 24 heavy (non-hydrogen) atoms. The lowest BCUT2D eigenvalue weighted by Gasteiger charge is -2.09. The molecule has 2 N–H and O–H groups in total. The van der Waals surface area contributed by atoms with Crippen LogP contribution in [0.3, 0.4) is 0 Å². The van der Waals surface area contributed by atoms with E-state index in [1.165, 1.54) is 37.1 Å². The third-order valence-corrected chi connectivity index (χ3v) is 5.58. The first kappa shape index (κ1) is 17.2. The van der Waals surface area contributed by atoms with E-state index in [0.717, 1.165) is 25.3 Å². The molecule has 0 bridgehead atoms. The minimum absolute atomic E-state index is 0. The summed E-state index contributed by atoms with van der Waals surface area (Å²) in [6, 6.07) is 15.1. The minimum Gasteiger partial charge on any atom is -0.341 e. The number of hydrogen-bond acceptors (Lipinski definition) is 3. The van der Waals surface area contributed by atoms with Crippen LogP contribution in [-0.4, -0.2) is 16.5 Å². The van der Waals surface area contributed by atoms with Crippen molar-refractivity contribution in [2.75, 3.05) is 6.54 Å². The van der Waals surface area contributed by atoms with Crippen molar-refractivity contribution in [1.82, 2.24) is 15.3 Å². The van der Waals surface area contributed by atoms with Crippen LogP contribution in [0, 0.1) is 0 Å². The average molecular weight is 378 g/mol. The number of aromatic nitrogens is 2. The van der Waals surface area contributed by atoms with E-state index in [1.807, 2.05) is 11.3 Å². The van der Waals surface area contributed by atoms with Crippen LogP contribution in [0.1, 0.15) is 11.4 Å². The lowest BCUT2D eigenvalue weighted by molar-refractivity contribution is 0.627. The number of aromatic amines is 1. The number of nitrogens with one attached hydrogen (secondary N) is 2. The minimum atomic E-state index is 0. The second-order valence-corrected chi connectivity index (χ2v) is 6.77. The van der Waals surface area contributed by atoms with Gasteiger partial charge in [0, 0.05) is 45.2 Å². The third-order valence-electron chi connectivity index (χ3n) is 4.36. The molecule has 0 fully saturated rings. The fourth-order valence-corrected chi connectivity index (χ4v) is 4.50. The fraction of sp³-hybridized carbons (Fsp3) is 0.167. The number of imidazole rings is 1. The van der Waals surface area contributed by atoms with E-state index in [1.54, 1.807) is 0 Å². The van der Waals surface area contributed by atoms with E-state index in [2.05, 4.69) is 52.8 Å². The molecule has 2 aromatic carbocycles. The van der Waals surface area contributed by atoms with Crippen LogP contribution in [0.5, 0.6) is 0 Å². The van der Waals surface area contributed by atoms with Gasteiger partial charge in [-0.05, 0) is 12.1 Å². The van der Waals surface area contributed by atoms with E-state index >= 15 is 0 Å². The van der Waals surface area contributed by atoms with Gasteiger partial charge >= 0.3 is 0 Å². The highest BCUT2D eigenvalue weighted by molar-refractivity contribution is 7.26. The number of fused-ring (bicyclic) bond motifs is 4. The molecular formula is C18H17Cl2N3S. The van der Waals surface area contributed by atoms with Crippen molar-refractivity contribution in [1.29, 1.82) is 0 Å². The summed E-state index contributed by atoms with van der Waals surface area (Å²) in [5.41, 5.74) is 3.67. The van der Waals surface area contributed by atoms with Gasteiger partial charge in [0.1, 0.15) is 5.82 Å². The Balaban J connectivity index is 0.000000845. The second-order valence-electron chi connectivity index (χ2n) is 5.72. The standard InChI is InChI=1S/C18H15N3S.2ClH/c1-2-7-16-11(4-1)12-5-3-6-13(17(12)22-16)18-20-14-8-9-19-10-15(14)21-18;;/h1-7,19H,8-10H2,(H,20,21);2*1H. The summed E-state index contributed by atoms with van der Waals surface area (Å²) >= 11 is 1.85. The van der Waals surface area contributed by atoms with Crippen LogP contribution < -0.4 is 5.32 Å². The first-order chi connectivity index (χ1) is 10.9. The quantitative estimate of drug-likeness (QED) is 0.493. The summed E-state index contributed by atoms with van der Waals surface area (Å²) in [5.74, 6) is 1.01. The molecule has 0 saturated carbocycles. The van der Waals surface area contributed by atoms with Crippen LogP contribution >= 0.6 is 36.2 Å². The number of halogens is 2. The molecule has 2 aromatic heterocycles. The Kier molecular flexibility index (Phi) is 4.83. The number of H-pyrrole nitrogens is 1. The lowest BCUT2D eigenvalue weighted by Crippen LogP contribution is -2.23. The molecule has 0 atom stereocenters. The molecule has 5 rings (SSSR count). The van der Waals surface area contributed by atoms with Crippen LogP contribution in [-0.2, 0) is 13.0 Å². The molecule has 6 heteroatoms. The summed E-state index contributed by atoms with van der Waals surface area (Å²) in [6.07, 6.45) is 1.01. The Morgan fingerprint density at radius 2 is 1.79 bits per heavy atom. The molecule has 1 aliphatic heterocycles. The number of thiophene rings is 1. The normalized spacial score (nSPS) is 13.3. The maximum absolute atomic E-state index is 4.85. The summed E-state index contributed by atoms with van der Waals surface area (Å²) < 4.78 is 2.66. The Labute approximate surface area is 156 Å². The maximum Gasteiger partial charge on any atom is 0.139 e. The maximum atomic E-state index is 4.85. The molecular weight excluding hydrogens is 361 g/mol. The SMILES string of the molecule is Cl.Cl.c1ccc2c(c1)sc1c(-c3nc4c([nH]3)CNCC4)cccc12. The number of hydrogen-bond donors (Lipinski definition) is 2. The van der Waals surface area contributed by atoms with E-state index in [4.69, 9.17) is 4.98 Å². The molecule has 4 aromatic rings. The Bertz CT molecular complexity index is 983. The van der Waals surface area contributed by atoms with Crippen molar-refractivity contribution in [3.63, 3.8) is 0 Å². The summed E-state index contributed by atoms with van der Waals surface area (Å²) in [6.45, 7) is 1.91. The molecule has 124 valence electrons. The van der Waals surface area contributed by atoms with Gasteiger partial charge in [-0.15, -0.1) is 36.2 Å². The topological polar surface area (TPSA) is 40.7 Å². The van der Waals surface area contributed by atoms with E-state index in [-0.39, 0.29) is 24.8 Å². The van der Waals surface area contributed by atoms with Crippen molar-refractivity contribution in [3.8, 4) is 11.4 Å². The molecule has 0 radical (unpaired) electrons. The van der Waals surface area contributed by atoms with Crippen molar-refractivity contribution < 1.29 is 0 Å². The number of benzene rings is 2. The molecule has 0 amide bonds. The molecule has 0 saturated heterocycles. The third kappa shape index (κ3) is 2.60. The number of nitrogens with zero attached hydrogens (tertiary/aromatic N) is 1. The summed E-state index contributed by atoms with van der Waals surface area (Å²) in [4.78, 5) is 8.37. The highest BCUT2D eigenvalue weighted by atomic mass is 35.5. The van der Waals surface area contributed by atoms with Gasteiger partial charge in [0.05, 0.1) is 11.4 Å². The van der Waals surface area contributed by atoms with Crippen molar-refractivity contribution in [2.24, 2.45) is 0 Å². The van der Waals surface area contributed by atoms with Crippen LogP contribution in [0.25, 0.3) is 31.6 Å². The summed E-state index contributed by atoms with van der Waals surface area (Å²) in [7, 11) is 0. The van der Waals surface area contributed by atoms with Crippen molar-refractivity contribution >= 4 is 56.3 Å². The van der Waals surface area contributed by atoms with Crippen molar-refractivity contribution in [2.45, 2.75) is 13.0 Å². The zero-order valence-corrected chi connectivity index (χ0v) is 15.3. The lowest BCUT2D eigenvalue weighted by atomic mass is 10.1. The Morgan fingerprint density at radius 3 is 2.67 bits per heavy atom. The Morgan fingerprint density at radius 1 is 0.958 bits per heavy atom. The van der Waals surface area contributed by atoms with E-state index in [0.29, 0.717) is 0 Å². The smallest absolute Gasteiger partial charge is 0.139 e. The van der Waals surface area contributed by atoms with E-state index < -0.39 is 0 Å². The monoisotopic (exact) mass is 377 g/mol. The van der Waals surface area contributed by atoms with Gasteiger partial charge in [-0.1, -0.05) is 30.3 Å². The number of rotatable bonds is 1. The Hall–Kier alpha value is -1.59. The summed E-state index contributed by atoms with van der Waals surface area (Å²) in [5, 5.41) is 6.06. The van der Waals surface area contributed by atoms with Gasteiger partial charge in [-0.3, -0.25) is 0 Å². The van der Waals surface area contributed by atoms with Gasteiger partial charge in [0.25, 0.3) is 0 Å². The largest absolute Gasteiger partial charge is 0.341 e. The zero-order valence-electron chi connectivity index (χ0n) is 12.8. The second kappa shape index (κ2) is 6.73. The van der Waals surface area contributed by atoms with Gasteiger partial charge in [0.15, 0.2) is 0 Å². The van der Waals surface area contributed by atoms with Crippen molar-refractivity contribution in [3.05, 3.63) is 53.9 Å². The first-order valence-electron chi connectivity index (χ1n) is 7.59.